The van der Waals surface area contributed by atoms with Crippen LogP contribution in [-0.4, -0.2) is 28.9 Å². The smallest absolute Gasteiger partial charge is 0.157 e. The van der Waals surface area contributed by atoms with E-state index in [1.54, 1.807) is 7.11 Å². The highest BCUT2D eigenvalue weighted by Gasteiger charge is 2.16. The first kappa shape index (κ1) is 15.6. The molecule has 112 valence electrons. The maximum absolute atomic E-state index is 5.17. The Morgan fingerprint density at radius 2 is 2.10 bits per heavy atom. The number of ether oxygens (including phenoxy) is 1. The van der Waals surface area contributed by atoms with Crippen LogP contribution in [0.3, 0.4) is 0 Å². The quantitative estimate of drug-likeness (QED) is 0.774. The molecule has 0 aliphatic heterocycles. The van der Waals surface area contributed by atoms with Crippen LogP contribution in [0.15, 0.2) is 11.1 Å². The van der Waals surface area contributed by atoms with E-state index >= 15 is 0 Å². The van der Waals surface area contributed by atoms with E-state index in [0.717, 1.165) is 29.6 Å². The molecular formula is C15H25N3OS. The van der Waals surface area contributed by atoms with Crippen molar-refractivity contribution < 1.29 is 4.74 Å². The average molecular weight is 295 g/mol. The van der Waals surface area contributed by atoms with Crippen LogP contribution in [0.25, 0.3) is 0 Å². The van der Waals surface area contributed by atoms with Crippen LogP contribution in [0, 0.1) is 0 Å². The predicted octanol–water partition coefficient (Wildman–Crippen LogP) is 3.87. The summed E-state index contributed by atoms with van der Waals surface area (Å²) in [6.07, 6.45) is 7.81. The molecule has 0 atom stereocenters. The van der Waals surface area contributed by atoms with Crippen LogP contribution in [0.4, 0.5) is 5.82 Å². The van der Waals surface area contributed by atoms with Crippen molar-refractivity contribution in [2.75, 3.05) is 19.0 Å². The van der Waals surface area contributed by atoms with Crippen molar-refractivity contribution in [2.24, 2.45) is 0 Å². The maximum atomic E-state index is 5.17. The SMILES string of the molecule is CCCNc1cc(SC2CCCCC2)nc(COC)n1. The lowest BCUT2D eigenvalue weighted by molar-refractivity contribution is 0.177. The second-order valence-corrected chi connectivity index (χ2v) is 6.57. The molecule has 1 aliphatic carbocycles. The summed E-state index contributed by atoms with van der Waals surface area (Å²) in [5.74, 6) is 1.69. The first-order chi connectivity index (χ1) is 9.81. The molecule has 1 heterocycles. The highest BCUT2D eigenvalue weighted by molar-refractivity contribution is 7.99. The molecule has 0 radical (unpaired) electrons. The Morgan fingerprint density at radius 1 is 1.30 bits per heavy atom. The normalized spacial score (nSPS) is 16.3. The summed E-state index contributed by atoms with van der Waals surface area (Å²) in [4.78, 5) is 9.11. The summed E-state index contributed by atoms with van der Waals surface area (Å²) in [5.41, 5.74) is 0. The number of rotatable bonds is 7. The molecule has 0 spiro atoms. The Balaban J connectivity index is 2.06. The number of hydrogen-bond donors (Lipinski definition) is 1. The molecule has 4 nitrogen and oxygen atoms in total. The highest BCUT2D eigenvalue weighted by atomic mass is 32.2. The average Bonchev–Trinajstić information content (AvgIpc) is 2.46. The van der Waals surface area contributed by atoms with Crippen molar-refractivity contribution in [3.8, 4) is 0 Å². The van der Waals surface area contributed by atoms with Crippen LogP contribution in [-0.2, 0) is 11.3 Å². The van der Waals surface area contributed by atoms with Crippen LogP contribution in [0.2, 0.25) is 0 Å². The summed E-state index contributed by atoms with van der Waals surface area (Å²) < 4.78 is 5.17. The van der Waals surface area contributed by atoms with Gasteiger partial charge in [-0.05, 0) is 19.3 Å². The second-order valence-electron chi connectivity index (χ2n) is 5.25. The van der Waals surface area contributed by atoms with Gasteiger partial charge in [-0.1, -0.05) is 26.2 Å². The third-order valence-electron chi connectivity index (χ3n) is 3.42. The van der Waals surface area contributed by atoms with Gasteiger partial charge in [0.05, 0.1) is 0 Å². The summed E-state index contributed by atoms with van der Waals surface area (Å²) in [5, 5.41) is 5.15. The first-order valence-electron chi connectivity index (χ1n) is 7.59. The number of anilines is 1. The lowest BCUT2D eigenvalue weighted by Gasteiger charge is -2.20. The van der Waals surface area contributed by atoms with Crippen LogP contribution in [0.1, 0.15) is 51.3 Å². The second kappa shape index (κ2) is 8.47. The molecular weight excluding hydrogens is 270 g/mol. The molecule has 0 saturated heterocycles. The maximum Gasteiger partial charge on any atom is 0.157 e. The van der Waals surface area contributed by atoms with E-state index in [-0.39, 0.29) is 0 Å². The van der Waals surface area contributed by atoms with E-state index in [4.69, 9.17) is 4.74 Å². The minimum Gasteiger partial charge on any atom is -0.377 e. The zero-order valence-corrected chi connectivity index (χ0v) is 13.3. The molecule has 1 saturated carbocycles. The number of methoxy groups -OCH3 is 1. The molecule has 20 heavy (non-hydrogen) atoms. The Bertz CT molecular complexity index is 408. The van der Waals surface area contributed by atoms with Crippen molar-refractivity contribution in [1.29, 1.82) is 0 Å². The van der Waals surface area contributed by atoms with E-state index in [2.05, 4.69) is 28.3 Å². The van der Waals surface area contributed by atoms with Gasteiger partial charge in [0.25, 0.3) is 0 Å². The highest BCUT2D eigenvalue weighted by Crippen LogP contribution is 2.33. The molecule has 0 amide bonds. The number of hydrogen-bond acceptors (Lipinski definition) is 5. The van der Waals surface area contributed by atoms with Crippen LogP contribution >= 0.6 is 11.8 Å². The van der Waals surface area contributed by atoms with E-state index in [1.807, 2.05) is 11.8 Å². The van der Waals surface area contributed by atoms with Gasteiger partial charge in [-0.3, -0.25) is 0 Å². The fourth-order valence-corrected chi connectivity index (χ4v) is 3.67. The third-order valence-corrected chi connectivity index (χ3v) is 4.67. The number of thioether (sulfide) groups is 1. The van der Waals surface area contributed by atoms with E-state index in [9.17, 15) is 0 Å². The Kier molecular flexibility index (Phi) is 6.60. The molecule has 2 rings (SSSR count). The summed E-state index contributed by atoms with van der Waals surface area (Å²) >= 11 is 1.91. The van der Waals surface area contributed by atoms with Crippen molar-refractivity contribution in [3.63, 3.8) is 0 Å². The van der Waals surface area contributed by atoms with Crippen molar-refractivity contribution in [2.45, 2.75) is 62.3 Å². The van der Waals surface area contributed by atoms with Gasteiger partial charge in [0.15, 0.2) is 5.82 Å². The summed E-state index contributed by atoms with van der Waals surface area (Å²) in [7, 11) is 1.68. The molecule has 0 aromatic carbocycles. The van der Waals surface area contributed by atoms with Gasteiger partial charge in [-0.15, -0.1) is 11.8 Å². The van der Waals surface area contributed by atoms with Crippen LogP contribution < -0.4 is 5.32 Å². The zero-order chi connectivity index (χ0) is 14.2. The topological polar surface area (TPSA) is 47.0 Å². The summed E-state index contributed by atoms with van der Waals surface area (Å²) in [6, 6.07) is 2.08. The molecule has 5 heteroatoms. The monoisotopic (exact) mass is 295 g/mol. The van der Waals surface area contributed by atoms with Gasteiger partial charge in [-0.2, -0.15) is 0 Å². The molecule has 1 N–H and O–H groups in total. The molecule has 1 aliphatic rings. The van der Waals surface area contributed by atoms with Crippen LogP contribution in [0.5, 0.6) is 0 Å². The Hall–Kier alpha value is -0.810. The molecule has 0 bridgehead atoms. The first-order valence-corrected chi connectivity index (χ1v) is 8.47. The van der Waals surface area contributed by atoms with Gasteiger partial charge in [0.1, 0.15) is 17.5 Å². The lowest BCUT2D eigenvalue weighted by Crippen LogP contribution is -2.10. The fraction of sp³-hybridized carbons (Fsp3) is 0.733. The van der Waals surface area contributed by atoms with E-state index in [0.29, 0.717) is 11.9 Å². The Labute approximate surface area is 126 Å². The predicted molar refractivity (Wildman–Crippen MR) is 84.3 cm³/mol. The van der Waals surface area contributed by atoms with E-state index in [1.165, 1.54) is 32.1 Å². The minimum atomic E-state index is 0.472. The lowest BCUT2D eigenvalue weighted by atomic mass is 10.0. The zero-order valence-electron chi connectivity index (χ0n) is 12.5. The van der Waals surface area contributed by atoms with Crippen molar-refractivity contribution in [3.05, 3.63) is 11.9 Å². The molecule has 1 fully saturated rings. The third kappa shape index (κ3) is 4.94. The number of nitrogens with zero attached hydrogens (tertiary/aromatic N) is 2. The van der Waals surface area contributed by atoms with Gasteiger partial charge < -0.3 is 10.1 Å². The minimum absolute atomic E-state index is 0.472. The van der Waals surface area contributed by atoms with Gasteiger partial charge in [-0.25, -0.2) is 9.97 Å². The fourth-order valence-electron chi connectivity index (χ4n) is 2.42. The molecule has 0 unspecified atom stereocenters. The summed E-state index contributed by atoms with van der Waals surface area (Å²) in [6.45, 7) is 3.57. The van der Waals surface area contributed by atoms with Gasteiger partial charge >= 0.3 is 0 Å². The Morgan fingerprint density at radius 3 is 2.80 bits per heavy atom. The van der Waals surface area contributed by atoms with E-state index < -0.39 is 0 Å². The largest absolute Gasteiger partial charge is 0.377 e. The molecule has 1 aromatic heterocycles. The van der Waals surface area contributed by atoms with Gasteiger partial charge in [0.2, 0.25) is 0 Å². The molecule has 1 aromatic rings. The number of nitrogens with one attached hydrogen (secondary N) is 1. The van der Waals surface area contributed by atoms with Crippen molar-refractivity contribution in [1.82, 2.24) is 9.97 Å². The van der Waals surface area contributed by atoms with Crippen molar-refractivity contribution >= 4 is 17.6 Å². The number of aromatic nitrogens is 2. The van der Waals surface area contributed by atoms with Gasteiger partial charge in [0, 0.05) is 25.0 Å². The standard InChI is InChI=1S/C15H25N3OS/c1-3-9-16-13-10-15(18-14(17-13)11-19-2)20-12-7-5-4-6-8-12/h10,12H,3-9,11H2,1-2H3,(H,16,17,18).